The maximum Gasteiger partial charge on any atom is 0.240 e. The first-order chi connectivity index (χ1) is 12.9. The van der Waals surface area contributed by atoms with E-state index in [1.54, 1.807) is 42.5 Å². The molecule has 8 heteroatoms. The Labute approximate surface area is 158 Å². The van der Waals surface area contributed by atoms with Crippen molar-refractivity contribution in [1.29, 1.82) is 0 Å². The topological polar surface area (TPSA) is 84.9 Å². The van der Waals surface area contributed by atoms with Crippen LogP contribution in [-0.2, 0) is 21.2 Å². The van der Waals surface area contributed by atoms with Gasteiger partial charge in [0, 0.05) is 31.8 Å². The fourth-order valence-corrected chi connectivity index (χ4v) is 3.82. The Bertz CT molecular complexity index is 926. The SMILES string of the molecule is CCc1ccc(S(=O)(=O)NCCN(C(C)=O)c2ccc3c(c2)OCO3)cc1. The minimum atomic E-state index is -3.63. The standard InChI is InChI=1S/C19H22N2O5S/c1-3-15-4-7-17(8-5-15)27(23,24)20-10-11-21(14(2)22)16-6-9-18-19(12-16)26-13-25-18/h4-9,12,20H,3,10-11,13H2,1-2H3. The molecule has 0 bridgehead atoms. The van der Waals surface area contributed by atoms with Crippen molar-refractivity contribution in [2.45, 2.75) is 25.2 Å². The predicted molar refractivity (Wildman–Crippen MR) is 102 cm³/mol. The van der Waals surface area contributed by atoms with Crippen molar-refractivity contribution in [1.82, 2.24) is 4.72 Å². The van der Waals surface area contributed by atoms with Gasteiger partial charge >= 0.3 is 0 Å². The number of hydrogen-bond acceptors (Lipinski definition) is 5. The van der Waals surface area contributed by atoms with Gasteiger partial charge in [0.05, 0.1) is 4.90 Å². The number of sulfonamides is 1. The van der Waals surface area contributed by atoms with E-state index in [4.69, 9.17) is 9.47 Å². The predicted octanol–water partition coefficient (Wildman–Crippen LogP) is 2.31. The highest BCUT2D eigenvalue weighted by atomic mass is 32.2. The molecule has 1 N–H and O–H groups in total. The molecule has 1 aliphatic rings. The number of carbonyl (C=O) groups is 1. The first kappa shape index (κ1) is 19.2. The van der Waals surface area contributed by atoms with Crippen LogP contribution in [0.15, 0.2) is 47.4 Å². The third-order valence-corrected chi connectivity index (χ3v) is 5.79. The van der Waals surface area contributed by atoms with E-state index in [1.165, 1.54) is 11.8 Å². The van der Waals surface area contributed by atoms with Gasteiger partial charge in [-0.25, -0.2) is 13.1 Å². The molecule has 0 unspecified atom stereocenters. The van der Waals surface area contributed by atoms with Gasteiger partial charge in [-0.05, 0) is 36.2 Å². The minimum Gasteiger partial charge on any atom is -0.454 e. The second-order valence-corrected chi connectivity index (χ2v) is 7.87. The van der Waals surface area contributed by atoms with E-state index >= 15 is 0 Å². The van der Waals surface area contributed by atoms with Crippen LogP contribution < -0.4 is 19.1 Å². The Hall–Kier alpha value is -2.58. The summed E-state index contributed by atoms with van der Waals surface area (Å²) in [5.74, 6) is 0.995. The average molecular weight is 390 g/mol. The second kappa shape index (κ2) is 7.98. The molecule has 1 amide bonds. The Morgan fingerprint density at radius 1 is 1.11 bits per heavy atom. The van der Waals surface area contributed by atoms with Gasteiger partial charge in [0.2, 0.25) is 22.7 Å². The van der Waals surface area contributed by atoms with Gasteiger partial charge in [0.1, 0.15) is 0 Å². The van der Waals surface area contributed by atoms with Crippen molar-refractivity contribution < 1.29 is 22.7 Å². The van der Waals surface area contributed by atoms with E-state index in [2.05, 4.69) is 4.72 Å². The lowest BCUT2D eigenvalue weighted by Gasteiger charge is -2.21. The van der Waals surface area contributed by atoms with E-state index < -0.39 is 10.0 Å². The molecule has 0 saturated heterocycles. The van der Waals surface area contributed by atoms with Crippen molar-refractivity contribution in [3.63, 3.8) is 0 Å². The van der Waals surface area contributed by atoms with Gasteiger partial charge in [0.15, 0.2) is 11.5 Å². The summed E-state index contributed by atoms with van der Waals surface area (Å²) in [6, 6.07) is 11.9. The molecule has 7 nitrogen and oxygen atoms in total. The van der Waals surface area contributed by atoms with Gasteiger partial charge in [-0.3, -0.25) is 4.79 Å². The Kier molecular flexibility index (Phi) is 5.67. The molecule has 0 aromatic heterocycles. The minimum absolute atomic E-state index is 0.0892. The number of amides is 1. The molecule has 27 heavy (non-hydrogen) atoms. The lowest BCUT2D eigenvalue weighted by molar-refractivity contribution is -0.116. The van der Waals surface area contributed by atoms with Crippen molar-refractivity contribution in [2.75, 3.05) is 24.8 Å². The number of aryl methyl sites for hydroxylation is 1. The summed E-state index contributed by atoms with van der Waals surface area (Å²) in [7, 11) is -3.63. The number of carbonyl (C=O) groups excluding carboxylic acids is 1. The fourth-order valence-electron chi connectivity index (χ4n) is 2.80. The number of nitrogens with one attached hydrogen (secondary N) is 1. The maximum absolute atomic E-state index is 12.4. The zero-order valence-corrected chi connectivity index (χ0v) is 16.1. The maximum atomic E-state index is 12.4. The molecule has 0 fully saturated rings. The zero-order valence-electron chi connectivity index (χ0n) is 15.3. The van der Waals surface area contributed by atoms with Crippen molar-refractivity contribution in [2.24, 2.45) is 0 Å². The number of anilines is 1. The molecule has 0 radical (unpaired) electrons. The number of benzene rings is 2. The Balaban J connectivity index is 1.66. The quantitative estimate of drug-likeness (QED) is 0.784. The van der Waals surface area contributed by atoms with Crippen LogP contribution in [0.3, 0.4) is 0 Å². The van der Waals surface area contributed by atoms with Crippen LogP contribution in [0.5, 0.6) is 11.5 Å². The van der Waals surface area contributed by atoms with Crippen LogP contribution >= 0.6 is 0 Å². The molecule has 0 atom stereocenters. The lowest BCUT2D eigenvalue weighted by Crippen LogP contribution is -2.37. The molecule has 0 spiro atoms. The molecular formula is C19H22N2O5S. The van der Waals surface area contributed by atoms with E-state index in [0.29, 0.717) is 17.2 Å². The molecule has 2 aromatic rings. The smallest absolute Gasteiger partial charge is 0.240 e. The highest BCUT2D eigenvalue weighted by molar-refractivity contribution is 7.89. The summed E-state index contributed by atoms with van der Waals surface area (Å²) in [5.41, 5.74) is 1.69. The number of hydrogen-bond donors (Lipinski definition) is 1. The van der Waals surface area contributed by atoms with Gasteiger partial charge in [-0.1, -0.05) is 19.1 Å². The molecule has 1 aliphatic heterocycles. The highest BCUT2D eigenvalue weighted by Gasteiger charge is 2.19. The van der Waals surface area contributed by atoms with Crippen LogP contribution in [0.4, 0.5) is 5.69 Å². The van der Waals surface area contributed by atoms with Crippen molar-refractivity contribution >= 4 is 21.6 Å². The van der Waals surface area contributed by atoms with E-state index in [0.717, 1.165) is 12.0 Å². The normalized spacial score (nSPS) is 12.8. The largest absolute Gasteiger partial charge is 0.454 e. The summed E-state index contributed by atoms with van der Waals surface area (Å²) in [6.07, 6.45) is 0.844. The van der Waals surface area contributed by atoms with Crippen LogP contribution in [0.1, 0.15) is 19.4 Å². The van der Waals surface area contributed by atoms with Crippen LogP contribution in [0.2, 0.25) is 0 Å². The summed E-state index contributed by atoms with van der Waals surface area (Å²) in [6.45, 7) is 3.87. The van der Waals surface area contributed by atoms with Gasteiger partial charge in [-0.2, -0.15) is 0 Å². The molecule has 2 aromatic carbocycles. The third kappa shape index (κ3) is 4.40. The first-order valence-corrected chi connectivity index (χ1v) is 10.2. The average Bonchev–Trinajstić information content (AvgIpc) is 3.12. The van der Waals surface area contributed by atoms with Gasteiger partial charge in [-0.15, -0.1) is 0 Å². The number of ether oxygens (including phenoxy) is 2. The van der Waals surface area contributed by atoms with E-state index in [-0.39, 0.29) is 30.7 Å². The molecule has 3 rings (SSSR count). The van der Waals surface area contributed by atoms with Crippen LogP contribution in [0, 0.1) is 0 Å². The van der Waals surface area contributed by atoms with Crippen molar-refractivity contribution in [3.05, 3.63) is 48.0 Å². The first-order valence-electron chi connectivity index (χ1n) is 8.67. The molecule has 0 aliphatic carbocycles. The van der Waals surface area contributed by atoms with Crippen LogP contribution in [-0.4, -0.2) is 34.2 Å². The summed E-state index contributed by atoms with van der Waals surface area (Å²) < 4.78 is 38.0. The zero-order chi connectivity index (χ0) is 19.4. The van der Waals surface area contributed by atoms with Gasteiger partial charge in [0.25, 0.3) is 0 Å². The molecule has 1 heterocycles. The third-order valence-electron chi connectivity index (χ3n) is 4.32. The second-order valence-electron chi connectivity index (χ2n) is 6.10. The Morgan fingerprint density at radius 2 is 1.81 bits per heavy atom. The van der Waals surface area contributed by atoms with Crippen LogP contribution in [0.25, 0.3) is 0 Å². The van der Waals surface area contributed by atoms with E-state index in [9.17, 15) is 13.2 Å². The summed E-state index contributed by atoms with van der Waals surface area (Å²) >= 11 is 0. The lowest BCUT2D eigenvalue weighted by atomic mass is 10.2. The fraction of sp³-hybridized carbons (Fsp3) is 0.316. The Morgan fingerprint density at radius 3 is 2.48 bits per heavy atom. The monoisotopic (exact) mass is 390 g/mol. The molecular weight excluding hydrogens is 368 g/mol. The molecule has 144 valence electrons. The number of nitrogens with zero attached hydrogens (tertiary/aromatic N) is 1. The molecule has 0 saturated carbocycles. The number of rotatable bonds is 7. The summed E-state index contributed by atoms with van der Waals surface area (Å²) in [5, 5.41) is 0. The number of fused-ring (bicyclic) bond motifs is 1. The van der Waals surface area contributed by atoms with Gasteiger partial charge < -0.3 is 14.4 Å². The summed E-state index contributed by atoms with van der Waals surface area (Å²) in [4.78, 5) is 13.7. The highest BCUT2D eigenvalue weighted by Crippen LogP contribution is 2.35. The van der Waals surface area contributed by atoms with E-state index in [1.807, 2.05) is 6.92 Å². The van der Waals surface area contributed by atoms with Crippen molar-refractivity contribution in [3.8, 4) is 11.5 Å².